The van der Waals surface area contributed by atoms with Crippen LogP contribution in [0.4, 0.5) is 0 Å². The van der Waals surface area contributed by atoms with Crippen molar-refractivity contribution in [1.82, 2.24) is 4.90 Å². The zero-order chi connectivity index (χ0) is 15.7. The molecule has 0 bridgehead atoms. The van der Waals surface area contributed by atoms with Gasteiger partial charge in [0, 0.05) is 25.6 Å². The quantitative estimate of drug-likeness (QED) is 0.645. The zero-order valence-electron chi connectivity index (χ0n) is 13.3. The third-order valence-corrected chi connectivity index (χ3v) is 3.31. The van der Waals surface area contributed by atoms with Crippen molar-refractivity contribution in [2.24, 2.45) is 0 Å². The molecule has 0 aliphatic heterocycles. The fourth-order valence-corrected chi connectivity index (χ4v) is 2.07. The highest BCUT2D eigenvalue weighted by molar-refractivity contribution is 5.96. The van der Waals surface area contributed by atoms with Crippen molar-refractivity contribution in [1.29, 1.82) is 0 Å². The van der Waals surface area contributed by atoms with Gasteiger partial charge in [0.1, 0.15) is 0 Å². The summed E-state index contributed by atoms with van der Waals surface area (Å²) >= 11 is 0. The largest absolute Gasteiger partial charge is 0.395 e. The number of benzene rings is 1. The van der Waals surface area contributed by atoms with E-state index in [-0.39, 0.29) is 12.5 Å². The van der Waals surface area contributed by atoms with Crippen molar-refractivity contribution < 1.29 is 9.90 Å². The normalized spacial score (nSPS) is 9.90. The maximum absolute atomic E-state index is 12.5. The van der Waals surface area contributed by atoms with E-state index in [0.717, 1.165) is 36.9 Å². The van der Waals surface area contributed by atoms with Crippen molar-refractivity contribution in [2.75, 3.05) is 20.2 Å². The van der Waals surface area contributed by atoms with E-state index in [1.165, 1.54) is 0 Å². The summed E-state index contributed by atoms with van der Waals surface area (Å²) in [7, 11) is 1.84. The Balaban J connectivity index is 2.90. The average molecular weight is 287 g/mol. The molecular formula is C18H25NO2. The highest BCUT2D eigenvalue weighted by atomic mass is 16.2. The summed E-state index contributed by atoms with van der Waals surface area (Å²) in [5.41, 5.74) is 2.47. The molecular weight excluding hydrogens is 262 g/mol. The molecule has 0 heterocycles. The second-order valence-corrected chi connectivity index (χ2v) is 5.26. The number of amides is 1. The second kappa shape index (κ2) is 9.20. The van der Waals surface area contributed by atoms with E-state index >= 15 is 0 Å². The highest BCUT2D eigenvalue weighted by Crippen LogP contribution is 2.13. The van der Waals surface area contributed by atoms with Crippen LogP contribution in [0.1, 0.15) is 54.1 Å². The van der Waals surface area contributed by atoms with E-state index in [2.05, 4.69) is 18.8 Å². The van der Waals surface area contributed by atoms with Crippen molar-refractivity contribution in [3.05, 3.63) is 34.9 Å². The minimum Gasteiger partial charge on any atom is -0.395 e. The van der Waals surface area contributed by atoms with Crippen LogP contribution in [0.25, 0.3) is 0 Å². The highest BCUT2D eigenvalue weighted by Gasteiger charge is 2.14. The first-order chi connectivity index (χ1) is 10.1. The number of hydrogen-bond donors (Lipinski definition) is 1. The average Bonchev–Trinajstić information content (AvgIpc) is 2.47. The first kappa shape index (κ1) is 17.3. The number of carbonyl (C=O) groups excluding carboxylic acids is 1. The number of aryl methyl sites for hydroxylation is 1. The first-order valence-corrected chi connectivity index (χ1v) is 7.56. The summed E-state index contributed by atoms with van der Waals surface area (Å²) in [5.74, 6) is 5.91. The molecule has 3 nitrogen and oxygen atoms in total. The van der Waals surface area contributed by atoms with Crippen LogP contribution >= 0.6 is 0 Å². The minimum atomic E-state index is 0.0133. The number of aliphatic hydroxyl groups is 1. The molecule has 0 radical (unpaired) electrons. The van der Waals surface area contributed by atoms with Crippen LogP contribution in [0.3, 0.4) is 0 Å². The Hall–Kier alpha value is -1.79. The van der Waals surface area contributed by atoms with E-state index < -0.39 is 0 Å². The molecule has 0 aromatic heterocycles. The molecule has 0 aliphatic carbocycles. The fourth-order valence-electron chi connectivity index (χ4n) is 2.07. The Morgan fingerprint density at radius 2 is 2.10 bits per heavy atom. The van der Waals surface area contributed by atoms with E-state index in [1.807, 2.05) is 32.2 Å². The summed E-state index contributed by atoms with van der Waals surface area (Å²) in [6.07, 6.45) is 3.73. The molecule has 0 atom stereocenters. The Bertz CT molecular complexity index is 526. The molecule has 0 unspecified atom stereocenters. The van der Waals surface area contributed by atoms with Crippen molar-refractivity contribution in [3.8, 4) is 11.8 Å². The van der Waals surface area contributed by atoms with Crippen LogP contribution in [0.5, 0.6) is 0 Å². The third kappa shape index (κ3) is 5.61. The molecule has 1 rings (SSSR count). The first-order valence-electron chi connectivity index (χ1n) is 7.56. The Morgan fingerprint density at radius 3 is 2.76 bits per heavy atom. The summed E-state index contributed by atoms with van der Waals surface area (Å²) in [4.78, 5) is 14.3. The molecule has 0 aliphatic rings. The molecule has 21 heavy (non-hydrogen) atoms. The summed E-state index contributed by atoms with van der Waals surface area (Å²) in [6, 6.07) is 5.71. The topological polar surface area (TPSA) is 40.5 Å². The van der Waals surface area contributed by atoms with Gasteiger partial charge < -0.3 is 10.0 Å². The Kier molecular flexibility index (Phi) is 7.56. The Labute approximate surface area is 128 Å². The molecule has 1 amide bonds. The smallest absolute Gasteiger partial charge is 0.254 e. The molecule has 0 saturated carbocycles. The third-order valence-electron chi connectivity index (χ3n) is 3.31. The van der Waals surface area contributed by atoms with Gasteiger partial charge >= 0.3 is 0 Å². The van der Waals surface area contributed by atoms with Gasteiger partial charge in [-0.05, 0) is 31.0 Å². The van der Waals surface area contributed by atoms with Crippen LogP contribution in [-0.2, 0) is 0 Å². The number of hydrogen-bond acceptors (Lipinski definition) is 2. The lowest BCUT2D eigenvalue weighted by atomic mass is 10.0. The van der Waals surface area contributed by atoms with Crippen molar-refractivity contribution in [2.45, 2.75) is 39.5 Å². The van der Waals surface area contributed by atoms with Gasteiger partial charge in [0.2, 0.25) is 0 Å². The van der Waals surface area contributed by atoms with Crippen molar-refractivity contribution in [3.63, 3.8) is 0 Å². The maximum atomic E-state index is 12.5. The van der Waals surface area contributed by atoms with Crippen LogP contribution < -0.4 is 0 Å². The monoisotopic (exact) mass is 287 g/mol. The van der Waals surface area contributed by atoms with E-state index in [9.17, 15) is 4.79 Å². The van der Waals surface area contributed by atoms with E-state index in [0.29, 0.717) is 12.0 Å². The summed E-state index contributed by atoms with van der Waals surface area (Å²) < 4.78 is 0. The van der Waals surface area contributed by atoms with Crippen LogP contribution in [0.15, 0.2) is 18.2 Å². The number of unbranched alkanes of at least 4 members (excludes halogenated alkanes) is 2. The summed E-state index contributed by atoms with van der Waals surface area (Å²) in [6.45, 7) is 4.94. The molecule has 0 saturated heterocycles. The number of nitrogens with zero attached hydrogens (tertiary/aromatic N) is 1. The molecule has 0 fully saturated rings. The Morgan fingerprint density at radius 1 is 1.33 bits per heavy atom. The van der Waals surface area contributed by atoms with Gasteiger partial charge in [0.05, 0.1) is 12.2 Å². The lowest BCUT2D eigenvalue weighted by molar-refractivity contribution is 0.0792. The predicted octanol–water partition coefficient (Wildman–Crippen LogP) is 2.99. The lowest BCUT2D eigenvalue weighted by Crippen LogP contribution is -2.28. The van der Waals surface area contributed by atoms with Gasteiger partial charge in [0.15, 0.2) is 0 Å². The predicted molar refractivity (Wildman–Crippen MR) is 86.2 cm³/mol. The number of aliphatic hydroxyl groups excluding tert-OH is 1. The lowest BCUT2D eigenvalue weighted by Gasteiger charge is -2.18. The molecule has 3 heteroatoms. The van der Waals surface area contributed by atoms with E-state index in [4.69, 9.17) is 5.11 Å². The zero-order valence-corrected chi connectivity index (χ0v) is 13.3. The van der Waals surface area contributed by atoms with Gasteiger partial charge in [-0.3, -0.25) is 4.79 Å². The van der Waals surface area contributed by atoms with Gasteiger partial charge in [-0.25, -0.2) is 0 Å². The fraction of sp³-hybridized carbons (Fsp3) is 0.500. The van der Waals surface area contributed by atoms with Crippen LogP contribution in [-0.4, -0.2) is 36.1 Å². The molecule has 114 valence electrons. The van der Waals surface area contributed by atoms with Gasteiger partial charge in [0.25, 0.3) is 5.91 Å². The minimum absolute atomic E-state index is 0.0133. The van der Waals surface area contributed by atoms with Gasteiger partial charge in [-0.2, -0.15) is 0 Å². The number of carbonyl (C=O) groups is 1. The standard InChI is InChI=1S/C18H25NO2/c1-4-5-7-12-19(3)18(21)17-11-10-15(2)14-16(17)9-6-8-13-20/h10-11,14,20H,4-5,7-8,12-13H2,1-3H3. The maximum Gasteiger partial charge on any atom is 0.254 e. The van der Waals surface area contributed by atoms with Crippen LogP contribution in [0, 0.1) is 18.8 Å². The molecule has 1 aromatic carbocycles. The second-order valence-electron chi connectivity index (χ2n) is 5.26. The molecule has 0 spiro atoms. The van der Waals surface area contributed by atoms with E-state index in [1.54, 1.807) is 4.90 Å². The van der Waals surface area contributed by atoms with Gasteiger partial charge in [-0.15, -0.1) is 0 Å². The molecule has 1 aromatic rings. The SMILES string of the molecule is CCCCCN(C)C(=O)c1ccc(C)cc1C#CCCO. The van der Waals surface area contributed by atoms with Gasteiger partial charge in [-0.1, -0.05) is 37.7 Å². The number of rotatable bonds is 6. The molecule has 1 N–H and O–H groups in total. The van der Waals surface area contributed by atoms with Crippen LogP contribution in [0.2, 0.25) is 0 Å². The summed E-state index contributed by atoms with van der Waals surface area (Å²) in [5, 5.41) is 8.81. The van der Waals surface area contributed by atoms with Crippen molar-refractivity contribution >= 4 is 5.91 Å².